The Morgan fingerprint density at radius 2 is 1.92 bits per heavy atom. The third-order valence-corrected chi connectivity index (χ3v) is 1.42. The third-order valence-electron chi connectivity index (χ3n) is 1.42. The highest BCUT2D eigenvalue weighted by Gasteiger charge is 2.40. The lowest BCUT2D eigenvalue weighted by Gasteiger charge is -2.24. The zero-order chi connectivity index (χ0) is 8.48. The van der Waals surface area contributed by atoms with Gasteiger partial charge in [0.15, 0.2) is 5.96 Å². The van der Waals surface area contributed by atoms with Gasteiger partial charge in [-0.3, -0.25) is 4.99 Å². The van der Waals surface area contributed by atoms with E-state index >= 15 is 0 Å². The Kier molecular flexibility index (Phi) is 6.27. The van der Waals surface area contributed by atoms with E-state index in [2.05, 4.69) is 10.3 Å². The average molecular weight is 240 g/mol. The van der Waals surface area contributed by atoms with Gasteiger partial charge in [0.1, 0.15) is 6.04 Å². The summed E-state index contributed by atoms with van der Waals surface area (Å²) in [5, 5.41) is 2.06. The number of hydrogen-bond donors (Lipinski definition) is 2. The lowest BCUT2D eigenvalue weighted by molar-refractivity contribution is -0.153. The number of rotatable bonds is 0. The van der Waals surface area contributed by atoms with Crippen LogP contribution in [-0.2, 0) is 0 Å². The van der Waals surface area contributed by atoms with E-state index in [0.717, 1.165) is 0 Å². The predicted molar refractivity (Wildman–Crippen MR) is 48.6 cm³/mol. The molecule has 0 aromatic rings. The van der Waals surface area contributed by atoms with Crippen molar-refractivity contribution in [3.05, 3.63) is 0 Å². The van der Waals surface area contributed by atoms with Gasteiger partial charge >= 0.3 is 6.18 Å². The lowest BCUT2D eigenvalue weighted by Crippen LogP contribution is -2.51. The maximum Gasteiger partial charge on any atom is 0.408 e. The minimum Gasteiger partial charge on any atom is -0.370 e. The highest BCUT2D eigenvalue weighted by Crippen LogP contribution is 2.23. The molecule has 0 unspecified atom stereocenters. The van der Waals surface area contributed by atoms with Gasteiger partial charge in [0.05, 0.1) is 0 Å². The Bertz CT molecular complexity index is 182. The number of aliphatic imine (C=N–C) groups is 1. The van der Waals surface area contributed by atoms with E-state index in [9.17, 15) is 13.2 Å². The molecule has 8 heteroatoms. The van der Waals surface area contributed by atoms with Crippen molar-refractivity contribution in [1.82, 2.24) is 5.32 Å². The Hall–Kier alpha value is -0.360. The summed E-state index contributed by atoms with van der Waals surface area (Å²) in [6.45, 7) is 0.142. The van der Waals surface area contributed by atoms with Crippen LogP contribution in [0, 0.1) is 0 Å². The first kappa shape index (κ1) is 15.1. The van der Waals surface area contributed by atoms with Crippen LogP contribution in [0.4, 0.5) is 13.2 Å². The molecule has 0 spiro atoms. The number of halogens is 5. The minimum atomic E-state index is -4.22. The molecule has 0 aromatic carbocycles. The summed E-state index contributed by atoms with van der Waals surface area (Å²) in [6.07, 6.45) is -4.26. The molecule has 1 rings (SSSR count). The predicted octanol–water partition coefficient (Wildman–Crippen LogP) is 1.07. The number of nitrogens with one attached hydrogen (secondary N) is 1. The van der Waals surface area contributed by atoms with E-state index < -0.39 is 12.2 Å². The molecule has 0 amide bonds. The zero-order valence-electron chi connectivity index (χ0n) is 6.47. The van der Waals surface area contributed by atoms with Gasteiger partial charge in [-0.2, -0.15) is 13.2 Å². The van der Waals surface area contributed by atoms with E-state index in [1.807, 2.05) is 0 Å². The fraction of sp³-hybridized carbons (Fsp3) is 0.800. The first-order valence-electron chi connectivity index (χ1n) is 3.13. The van der Waals surface area contributed by atoms with Crippen LogP contribution in [0.15, 0.2) is 4.99 Å². The summed E-state index contributed by atoms with van der Waals surface area (Å²) < 4.78 is 35.8. The van der Waals surface area contributed by atoms with Crippen LogP contribution in [-0.4, -0.2) is 24.7 Å². The van der Waals surface area contributed by atoms with Crippen LogP contribution in [0.5, 0.6) is 0 Å². The molecule has 80 valence electrons. The first-order valence-corrected chi connectivity index (χ1v) is 3.13. The first-order chi connectivity index (χ1) is 5.00. The molecule has 0 saturated heterocycles. The second-order valence-electron chi connectivity index (χ2n) is 2.29. The average Bonchev–Trinajstić information content (AvgIpc) is 1.86. The van der Waals surface area contributed by atoms with E-state index in [0.29, 0.717) is 0 Å². The Labute approximate surface area is 85.8 Å². The molecular weight excluding hydrogens is 230 g/mol. The quantitative estimate of drug-likeness (QED) is 0.665. The van der Waals surface area contributed by atoms with Crippen molar-refractivity contribution in [3.8, 4) is 0 Å². The molecular formula is C5H10Cl2F3N3. The van der Waals surface area contributed by atoms with Crippen molar-refractivity contribution in [2.45, 2.75) is 18.6 Å². The standard InChI is InChI=1S/C5H8F3N3.2ClH/c6-5(7,8)3-1-2-10-4(9)11-3;;/h3H,1-2H2,(H3,9,10,11);2*1H/t3-;;/m0../s1. The Morgan fingerprint density at radius 1 is 1.38 bits per heavy atom. The number of hydrogen-bond acceptors (Lipinski definition) is 3. The number of guanidine groups is 1. The van der Waals surface area contributed by atoms with Gasteiger partial charge in [-0.05, 0) is 6.42 Å². The summed E-state index contributed by atoms with van der Waals surface area (Å²) in [7, 11) is 0. The maximum absolute atomic E-state index is 11.9. The van der Waals surface area contributed by atoms with Gasteiger partial charge in [-0.15, -0.1) is 24.8 Å². The molecule has 0 bridgehead atoms. The van der Waals surface area contributed by atoms with Crippen molar-refractivity contribution in [3.63, 3.8) is 0 Å². The normalized spacial score (nSPS) is 21.8. The zero-order valence-corrected chi connectivity index (χ0v) is 8.10. The molecule has 0 fully saturated rings. The molecule has 3 N–H and O–H groups in total. The maximum atomic E-state index is 11.9. The summed E-state index contributed by atoms with van der Waals surface area (Å²) in [6, 6.07) is -1.53. The van der Waals surface area contributed by atoms with E-state index in [1.165, 1.54) is 0 Å². The summed E-state index contributed by atoms with van der Waals surface area (Å²) in [4.78, 5) is 3.58. The molecule has 3 nitrogen and oxygen atoms in total. The van der Waals surface area contributed by atoms with Crippen LogP contribution in [0.3, 0.4) is 0 Å². The number of nitrogens with two attached hydrogens (primary N) is 1. The molecule has 1 atom stereocenters. The fourth-order valence-corrected chi connectivity index (χ4v) is 0.856. The number of nitrogens with zero attached hydrogens (tertiary/aromatic N) is 1. The molecule has 0 radical (unpaired) electrons. The van der Waals surface area contributed by atoms with Gasteiger partial charge in [-0.1, -0.05) is 0 Å². The topological polar surface area (TPSA) is 50.4 Å². The van der Waals surface area contributed by atoms with Crippen molar-refractivity contribution >= 4 is 30.8 Å². The molecule has 13 heavy (non-hydrogen) atoms. The SMILES string of the molecule is Cl.Cl.NC1=NCC[C@@H](C(F)(F)F)N1. The summed E-state index contributed by atoms with van der Waals surface area (Å²) in [5.74, 6) is -0.126. The molecule has 0 aliphatic carbocycles. The van der Waals surface area contributed by atoms with E-state index in [1.54, 1.807) is 0 Å². The second-order valence-corrected chi connectivity index (χ2v) is 2.29. The highest BCUT2D eigenvalue weighted by atomic mass is 35.5. The second kappa shape index (κ2) is 5.39. The molecule has 1 aliphatic rings. The fourth-order valence-electron chi connectivity index (χ4n) is 0.856. The molecule has 0 saturated carbocycles. The van der Waals surface area contributed by atoms with Crippen LogP contribution in [0.2, 0.25) is 0 Å². The number of alkyl halides is 3. The largest absolute Gasteiger partial charge is 0.408 e. The minimum absolute atomic E-state index is 0. The van der Waals surface area contributed by atoms with Crippen molar-refractivity contribution in [1.29, 1.82) is 0 Å². The van der Waals surface area contributed by atoms with Crippen molar-refractivity contribution in [2.75, 3.05) is 6.54 Å². The third kappa shape index (κ3) is 4.42. The van der Waals surface area contributed by atoms with E-state index in [4.69, 9.17) is 5.73 Å². The van der Waals surface area contributed by atoms with Crippen molar-refractivity contribution < 1.29 is 13.2 Å². The van der Waals surface area contributed by atoms with Gasteiger partial charge in [-0.25, -0.2) is 0 Å². The monoisotopic (exact) mass is 239 g/mol. The lowest BCUT2D eigenvalue weighted by atomic mass is 10.2. The summed E-state index contributed by atoms with van der Waals surface area (Å²) in [5.41, 5.74) is 5.06. The van der Waals surface area contributed by atoms with Gasteiger partial charge in [0.25, 0.3) is 0 Å². The molecule has 0 aromatic heterocycles. The summed E-state index contributed by atoms with van der Waals surface area (Å²) >= 11 is 0. The van der Waals surface area contributed by atoms with Gasteiger partial charge in [0.2, 0.25) is 0 Å². The van der Waals surface area contributed by atoms with Crippen LogP contribution in [0.1, 0.15) is 6.42 Å². The Balaban J connectivity index is 0. The van der Waals surface area contributed by atoms with Crippen LogP contribution >= 0.6 is 24.8 Å². The molecule has 1 aliphatic heterocycles. The van der Waals surface area contributed by atoms with Crippen molar-refractivity contribution in [2.24, 2.45) is 10.7 Å². The Morgan fingerprint density at radius 3 is 2.23 bits per heavy atom. The van der Waals surface area contributed by atoms with Gasteiger partial charge in [0, 0.05) is 6.54 Å². The van der Waals surface area contributed by atoms with E-state index in [-0.39, 0.29) is 43.7 Å². The van der Waals surface area contributed by atoms with Crippen LogP contribution in [0.25, 0.3) is 0 Å². The molecule has 1 heterocycles. The highest BCUT2D eigenvalue weighted by molar-refractivity contribution is 5.85. The smallest absolute Gasteiger partial charge is 0.370 e. The van der Waals surface area contributed by atoms with Gasteiger partial charge < -0.3 is 11.1 Å². The van der Waals surface area contributed by atoms with Crippen LogP contribution < -0.4 is 11.1 Å².